The first-order valence-corrected chi connectivity index (χ1v) is 5.02. The number of aliphatic carboxylic acids is 1. The first kappa shape index (κ1) is 11.5. The zero-order chi connectivity index (χ0) is 11.4. The molecule has 0 fully saturated rings. The maximum Gasteiger partial charge on any atom is 0.316 e. The number of nitro groups is 1. The zero-order valence-corrected chi connectivity index (χ0v) is 8.73. The van der Waals surface area contributed by atoms with Crippen molar-refractivity contribution in [2.75, 3.05) is 0 Å². The molecule has 0 amide bonds. The highest BCUT2D eigenvalue weighted by molar-refractivity contribution is 8.00. The normalized spacial score (nSPS) is 12.1. The van der Waals surface area contributed by atoms with Crippen molar-refractivity contribution in [1.82, 2.24) is 0 Å². The summed E-state index contributed by atoms with van der Waals surface area (Å²) in [6.45, 7) is 1.56. The molecule has 1 aromatic carbocycles. The van der Waals surface area contributed by atoms with Gasteiger partial charge in [-0.2, -0.15) is 0 Å². The van der Waals surface area contributed by atoms with Crippen LogP contribution in [0.5, 0.6) is 0 Å². The SMILES string of the molecule is C[C@H](Sc1ccc([N+](=O)[O-])cc1)C(=O)O. The van der Waals surface area contributed by atoms with Crippen molar-refractivity contribution in [2.45, 2.75) is 17.1 Å². The molecule has 0 heterocycles. The number of carboxylic acids is 1. The lowest BCUT2D eigenvalue weighted by atomic mass is 10.3. The summed E-state index contributed by atoms with van der Waals surface area (Å²) in [5.41, 5.74) is 0.00216. The third-order valence-electron chi connectivity index (χ3n) is 1.71. The Hall–Kier alpha value is -1.56. The van der Waals surface area contributed by atoms with Crippen LogP contribution in [0.25, 0.3) is 0 Å². The van der Waals surface area contributed by atoms with E-state index in [1.165, 1.54) is 12.1 Å². The van der Waals surface area contributed by atoms with Crippen molar-refractivity contribution < 1.29 is 14.8 Å². The Kier molecular flexibility index (Phi) is 3.68. The van der Waals surface area contributed by atoms with Crippen molar-refractivity contribution in [2.24, 2.45) is 0 Å². The molecule has 1 rings (SSSR count). The van der Waals surface area contributed by atoms with E-state index in [2.05, 4.69) is 0 Å². The van der Waals surface area contributed by atoms with Gasteiger partial charge in [-0.1, -0.05) is 0 Å². The number of hydrogen-bond acceptors (Lipinski definition) is 4. The molecule has 5 nitrogen and oxygen atoms in total. The number of hydrogen-bond donors (Lipinski definition) is 1. The summed E-state index contributed by atoms with van der Waals surface area (Å²) in [5, 5.41) is 18.4. The van der Waals surface area contributed by atoms with E-state index in [1.807, 2.05) is 0 Å². The number of carboxylic acid groups (broad SMARTS) is 1. The van der Waals surface area contributed by atoms with Gasteiger partial charge in [-0.05, 0) is 19.1 Å². The predicted molar refractivity (Wildman–Crippen MR) is 56.1 cm³/mol. The maximum atomic E-state index is 10.5. The van der Waals surface area contributed by atoms with Crippen molar-refractivity contribution in [1.29, 1.82) is 0 Å². The average molecular weight is 227 g/mol. The van der Waals surface area contributed by atoms with Gasteiger partial charge in [0.2, 0.25) is 0 Å². The van der Waals surface area contributed by atoms with E-state index in [4.69, 9.17) is 5.11 Å². The summed E-state index contributed by atoms with van der Waals surface area (Å²) in [6, 6.07) is 5.80. The molecule has 0 aliphatic heterocycles. The Morgan fingerprint density at radius 2 is 2.00 bits per heavy atom. The summed E-state index contributed by atoms with van der Waals surface area (Å²) in [7, 11) is 0. The fourth-order valence-corrected chi connectivity index (χ4v) is 1.70. The number of carbonyl (C=O) groups is 1. The van der Waals surface area contributed by atoms with Crippen LogP contribution in [0, 0.1) is 10.1 Å². The Balaban J connectivity index is 2.72. The summed E-state index contributed by atoms with van der Waals surface area (Å²) in [5.74, 6) is -0.904. The summed E-state index contributed by atoms with van der Waals surface area (Å²) < 4.78 is 0. The minimum Gasteiger partial charge on any atom is -0.480 e. The fraction of sp³-hybridized carbons (Fsp3) is 0.222. The molecule has 0 aliphatic carbocycles. The van der Waals surface area contributed by atoms with Crippen LogP contribution in [0.15, 0.2) is 29.2 Å². The minimum absolute atomic E-state index is 0.00216. The molecule has 0 aromatic heterocycles. The Morgan fingerprint density at radius 3 is 2.40 bits per heavy atom. The van der Waals surface area contributed by atoms with Crippen LogP contribution in [0.2, 0.25) is 0 Å². The molecule has 0 aliphatic rings. The summed E-state index contributed by atoms with van der Waals surface area (Å²) in [4.78, 5) is 21.1. The number of nitro benzene ring substituents is 1. The third-order valence-corrected chi connectivity index (χ3v) is 2.81. The van der Waals surface area contributed by atoms with Gasteiger partial charge < -0.3 is 5.11 Å². The lowest BCUT2D eigenvalue weighted by molar-refractivity contribution is -0.384. The van der Waals surface area contributed by atoms with E-state index >= 15 is 0 Å². The zero-order valence-electron chi connectivity index (χ0n) is 7.91. The Labute approximate surface area is 90.3 Å². The predicted octanol–water partition coefficient (Wildman–Crippen LogP) is 2.16. The van der Waals surface area contributed by atoms with Gasteiger partial charge in [0.25, 0.3) is 5.69 Å². The van der Waals surface area contributed by atoms with Crippen LogP contribution in [0.3, 0.4) is 0 Å². The second kappa shape index (κ2) is 4.79. The van der Waals surface area contributed by atoms with Gasteiger partial charge in [-0.15, -0.1) is 11.8 Å². The highest BCUT2D eigenvalue weighted by Crippen LogP contribution is 2.25. The van der Waals surface area contributed by atoms with E-state index in [1.54, 1.807) is 19.1 Å². The van der Waals surface area contributed by atoms with Crippen LogP contribution in [-0.2, 0) is 4.79 Å². The largest absolute Gasteiger partial charge is 0.480 e. The van der Waals surface area contributed by atoms with Gasteiger partial charge in [0.15, 0.2) is 0 Å². The number of nitrogens with zero attached hydrogens (tertiary/aromatic N) is 1. The van der Waals surface area contributed by atoms with Crippen LogP contribution in [0.1, 0.15) is 6.92 Å². The van der Waals surface area contributed by atoms with Gasteiger partial charge in [0.05, 0.1) is 4.92 Å². The van der Waals surface area contributed by atoms with E-state index < -0.39 is 16.1 Å². The lowest BCUT2D eigenvalue weighted by Crippen LogP contribution is -2.10. The number of benzene rings is 1. The van der Waals surface area contributed by atoms with Gasteiger partial charge in [-0.3, -0.25) is 14.9 Å². The molecule has 15 heavy (non-hydrogen) atoms. The molecule has 1 N–H and O–H groups in total. The smallest absolute Gasteiger partial charge is 0.316 e. The standard InChI is InChI=1S/C9H9NO4S/c1-6(9(11)12)15-8-4-2-7(3-5-8)10(13)14/h2-6H,1H3,(H,11,12)/t6-/m0/s1. The van der Waals surface area contributed by atoms with Crippen molar-refractivity contribution >= 4 is 23.4 Å². The molecule has 0 radical (unpaired) electrons. The van der Waals surface area contributed by atoms with Crippen molar-refractivity contribution in [3.05, 3.63) is 34.4 Å². The van der Waals surface area contributed by atoms with E-state index in [0.717, 1.165) is 11.8 Å². The fourth-order valence-electron chi connectivity index (χ4n) is 0.901. The minimum atomic E-state index is -0.904. The second-order valence-electron chi connectivity index (χ2n) is 2.85. The molecule has 0 saturated carbocycles. The summed E-state index contributed by atoms with van der Waals surface area (Å²) >= 11 is 1.15. The third kappa shape index (κ3) is 3.25. The van der Waals surface area contributed by atoms with Crippen LogP contribution in [-0.4, -0.2) is 21.2 Å². The highest BCUT2D eigenvalue weighted by atomic mass is 32.2. The van der Waals surface area contributed by atoms with Crippen LogP contribution in [0.4, 0.5) is 5.69 Å². The molecule has 0 bridgehead atoms. The Morgan fingerprint density at radius 1 is 1.47 bits per heavy atom. The van der Waals surface area contributed by atoms with Crippen molar-refractivity contribution in [3.63, 3.8) is 0 Å². The van der Waals surface area contributed by atoms with Crippen LogP contribution < -0.4 is 0 Å². The molecule has 0 spiro atoms. The summed E-state index contributed by atoms with van der Waals surface area (Å²) in [6.07, 6.45) is 0. The van der Waals surface area contributed by atoms with Gasteiger partial charge in [0, 0.05) is 17.0 Å². The number of thioether (sulfide) groups is 1. The average Bonchev–Trinajstić information content (AvgIpc) is 2.18. The number of rotatable bonds is 4. The van der Waals surface area contributed by atoms with Gasteiger partial charge in [-0.25, -0.2) is 0 Å². The lowest BCUT2D eigenvalue weighted by Gasteiger charge is -2.04. The highest BCUT2D eigenvalue weighted by Gasteiger charge is 2.13. The molecule has 0 unspecified atom stereocenters. The molecule has 80 valence electrons. The topological polar surface area (TPSA) is 80.4 Å². The molecular weight excluding hydrogens is 218 g/mol. The molecule has 0 saturated heterocycles. The molecular formula is C9H9NO4S. The van der Waals surface area contributed by atoms with Crippen molar-refractivity contribution in [3.8, 4) is 0 Å². The number of non-ortho nitro benzene ring substituents is 1. The van der Waals surface area contributed by atoms with E-state index in [-0.39, 0.29) is 5.69 Å². The van der Waals surface area contributed by atoms with Gasteiger partial charge >= 0.3 is 5.97 Å². The quantitative estimate of drug-likeness (QED) is 0.484. The monoisotopic (exact) mass is 227 g/mol. The first-order chi connectivity index (χ1) is 7.00. The molecule has 1 aromatic rings. The van der Waals surface area contributed by atoms with Crippen LogP contribution >= 0.6 is 11.8 Å². The first-order valence-electron chi connectivity index (χ1n) is 4.14. The molecule has 1 atom stereocenters. The van der Waals surface area contributed by atoms with E-state index in [0.29, 0.717) is 4.90 Å². The van der Waals surface area contributed by atoms with E-state index in [9.17, 15) is 14.9 Å². The Bertz CT molecular complexity index is 376. The second-order valence-corrected chi connectivity index (χ2v) is 4.26. The van der Waals surface area contributed by atoms with Gasteiger partial charge in [0.1, 0.15) is 5.25 Å². The molecule has 6 heteroatoms. The maximum absolute atomic E-state index is 10.5.